The molecule has 0 aliphatic carbocycles. The second kappa shape index (κ2) is 8.24. The second-order valence-corrected chi connectivity index (χ2v) is 6.46. The van der Waals surface area contributed by atoms with Gasteiger partial charge in [0.25, 0.3) is 5.76 Å². The van der Waals surface area contributed by atoms with Gasteiger partial charge >= 0.3 is 0 Å². The van der Waals surface area contributed by atoms with Crippen molar-refractivity contribution >= 4 is 35.0 Å². The summed E-state index contributed by atoms with van der Waals surface area (Å²) in [5.74, 6) is -2.76. The zero-order chi connectivity index (χ0) is 18.5. The molecule has 0 fully saturated rings. The number of tetrazole rings is 1. The molecule has 0 saturated heterocycles. The molecule has 3 aromatic rings. The first-order chi connectivity index (χ1) is 12.5. The Bertz CT molecular complexity index is 907. The fourth-order valence-corrected chi connectivity index (χ4v) is 3.06. The van der Waals surface area contributed by atoms with Crippen molar-refractivity contribution in [1.29, 1.82) is 0 Å². The van der Waals surface area contributed by atoms with Crippen LogP contribution in [0.1, 0.15) is 0 Å². The summed E-state index contributed by atoms with van der Waals surface area (Å²) in [4.78, 5) is 13.4. The smallest absolute Gasteiger partial charge is 0.289 e. The molecule has 3 rings (SSSR count). The fraction of sp³-hybridized carbons (Fsp3) is 0.125. The van der Waals surface area contributed by atoms with Gasteiger partial charge in [-0.25, -0.2) is 0 Å². The van der Waals surface area contributed by atoms with Gasteiger partial charge in [-0.1, -0.05) is 59.8 Å². The van der Waals surface area contributed by atoms with Crippen molar-refractivity contribution in [2.45, 2.75) is 17.2 Å². The summed E-state index contributed by atoms with van der Waals surface area (Å²) in [6.45, 7) is -0.217. The quantitative estimate of drug-likeness (QED) is 0.640. The van der Waals surface area contributed by atoms with Gasteiger partial charge in [-0.3, -0.25) is 4.79 Å². The molecular weight excluding hydrogens is 384 g/mol. The SMILES string of the molecule is O=C(Cn1nnc(-c2ccccc2)n1)Nc1cccc(Cl)c1SC(F)F. The first-order valence-corrected chi connectivity index (χ1v) is 8.65. The van der Waals surface area contributed by atoms with Gasteiger partial charge in [0.2, 0.25) is 11.7 Å². The monoisotopic (exact) mass is 395 g/mol. The van der Waals surface area contributed by atoms with Crippen LogP contribution in [-0.4, -0.2) is 31.9 Å². The molecular formula is C16H12ClF2N5OS. The highest BCUT2D eigenvalue weighted by atomic mass is 35.5. The van der Waals surface area contributed by atoms with Crippen molar-refractivity contribution in [3.05, 3.63) is 53.6 Å². The molecule has 1 heterocycles. The third-order valence-corrected chi connectivity index (χ3v) is 4.50. The number of rotatable bonds is 6. The molecule has 1 N–H and O–H groups in total. The molecule has 0 spiro atoms. The fourth-order valence-electron chi connectivity index (χ4n) is 2.15. The Morgan fingerprint density at radius 2 is 1.96 bits per heavy atom. The topological polar surface area (TPSA) is 72.7 Å². The number of hydrogen-bond donors (Lipinski definition) is 1. The number of halogens is 3. The third kappa shape index (κ3) is 4.55. The Morgan fingerprint density at radius 3 is 2.69 bits per heavy atom. The number of carbonyl (C=O) groups is 1. The van der Waals surface area contributed by atoms with Crippen molar-refractivity contribution in [3.8, 4) is 11.4 Å². The summed E-state index contributed by atoms with van der Waals surface area (Å²) in [7, 11) is 0. The molecule has 0 aliphatic rings. The number of carbonyl (C=O) groups excluding carboxylic acids is 1. The van der Waals surface area contributed by atoms with E-state index in [0.717, 1.165) is 10.4 Å². The number of hydrogen-bond acceptors (Lipinski definition) is 5. The first kappa shape index (κ1) is 18.3. The lowest BCUT2D eigenvalue weighted by atomic mass is 10.2. The van der Waals surface area contributed by atoms with Gasteiger partial charge in [0.05, 0.1) is 15.6 Å². The summed E-state index contributed by atoms with van der Waals surface area (Å²) in [6, 6.07) is 13.7. The zero-order valence-electron chi connectivity index (χ0n) is 13.1. The van der Waals surface area contributed by atoms with Gasteiger partial charge in [0.1, 0.15) is 6.54 Å². The molecule has 1 amide bonds. The first-order valence-electron chi connectivity index (χ1n) is 7.39. The Kier molecular flexibility index (Phi) is 5.79. The number of benzene rings is 2. The molecule has 26 heavy (non-hydrogen) atoms. The molecule has 0 radical (unpaired) electrons. The van der Waals surface area contributed by atoms with Crippen molar-refractivity contribution < 1.29 is 13.6 Å². The van der Waals surface area contributed by atoms with E-state index in [9.17, 15) is 13.6 Å². The summed E-state index contributed by atoms with van der Waals surface area (Å²) in [5, 5.41) is 14.5. The van der Waals surface area contributed by atoms with Gasteiger partial charge in [-0.2, -0.15) is 13.6 Å². The van der Waals surface area contributed by atoms with Crippen LogP contribution in [0.5, 0.6) is 0 Å². The van der Waals surface area contributed by atoms with E-state index in [-0.39, 0.29) is 33.9 Å². The van der Waals surface area contributed by atoms with Crippen LogP contribution in [0.25, 0.3) is 11.4 Å². The molecule has 134 valence electrons. The van der Waals surface area contributed by atoms with Gasteiger partial charge in [0.15, 0.2) is 0 Å². The third-order valence-electron chi connectivity index (χ3n) is 3.22. The number of nitrogens with zero attached hydrogens (tertiary/aromatic N) is 4. The Hall–Kier alpha value is -2.52. The number of anilines is 1. The average molecular weight is 396 g/mol. The van der Waals surface area contributed by atoms with Gasteiger partial charge in [-0.15, -0.1) is 10.2 Å². The molecule has 0 bridgehead atoms. The maximum atomic E-state index is 12.7. The number of aromatic nitrogens is 4. The van der Waals surface area contributed by atoms with E-state index in [4.69, 9.17) is 11.6 Å². The van der Waals surface area contributed by atoms with E-state index < -0.39 is 11.7 Å². The summed E-state index contributed by atoms with van der Waals surface area (Å²) in [6.07, 6.45) is 0. The highest BCUT2D eigenvalue weighted by Gasteiger charge is 2.16. The van der Waals surface area contributed by atoms with E-state index in [0.29, 0.717) is 5.82 Å². The number of nitrogens with one attached hydrogen (secondary N) is 1. The normalized spacial score (nSPS) is 10.9. The standard InChI is InChI=1S/C16H12ClF2N5OS/c17-11-7-4-8-12(14(11)26-16(18)19)20-13(25)9-24-22-15(21-23-24)10-5-2-1-3-6-10/h1-8,16H,9H2,(H,20,25). The van der Waals surface area contributed by atoms with Crippen LogP contribution >= 0.6 is 23.4 Å². The molecule has 0 aliphatic heterocycles. The van der Waals surface area contributed by atoms with Crippen LogP contribution in [-0.2, 0) is 11.3 Å². The van der Waals surface area contributed by atoms with Crippen LogP contribution in [0.2, 0.25) is 5.02 Å². The van der Waals surface area contributed by atoms with Crippen molar-refractivity contribution in [1.82, 2.24) is 20.2 Å². The van der Waals surface area contributed by atoms with Crippen LogP contribution < -0.4 is 5.32 Å². The lowest BCUT2D eigenvalue weighted by Gasteiger charge is -2.11. The lowest BCUT2D eigenvalue weighted by molar-refractivity contribution is -0.117. The molecule has 10 heteroatoms. The number of alkyl halides is 2. The molecule has 0 saturated carbocycles. The van der Waals surface area contributed by atoms with Gasteiger partial charge in [0, 0.05) is 5.56 Å². The lowest BCUT2D eigenvalue weighted by Crippen LogP contribution is -2.21. The summed E-state index contributed by atoms with van der Waals surface area (Å²) < 4.78 is 25.4. The van der Waals surface area contributed by atoms with Crippen LogP contribution in [0.15, 0.2) is 53.4 Å². The zero-order valence-corrected chi connectivity index (χ0v) is 14.7. The number of amides is 1. The minimum Gasteiger partial charge on any atom is -0.323 e. The minimum atomic E-state index is -2.66. The maximum Gasteiger partial charge on any atom is 0.289 e. The molecule has 1 aromatic heterocycles. The largest absolute Gasteiger partial charge is 0.323 e. The average Bonchev–Trinajstić information content (AvgIpc) is 3.07. The molecule has 2 aromatic carbocycles. The second-order valence-electron chi connectivity index (χ2n) is 5.05. The Morgan fingerprint density at radius 1 is 1.19 bits per heavy atom. The minimum absolute atomic E-state index is 0.106. The molecule has 0 atom stereocenters. The van der Waals surface area contributed by atoms with E-state index >= 15 is 0 Å². The Balaban J connectivity index is 1.70. The van der Waals surface area contributed by atoms with Crippen LogP contribution in [0.3, 0.4) is 0 Å². The summed E-state index contributed by atoms with van der Waals surface area (Å²) in [5.41, 5.74) is 0.973. The van der Waals surface area contributed by atoms with Crippen LogP contribution in [0.4, 0.5) is 14.5 Å². The summed E-state index contributed by atoms with van der Waals surface area (Å²) >= 11 is 6.21. The van der Waals surface area contributed by atoms with Crippen molar-refractivity contribution in [3.63, 3.8) is 0 Å². The van der Waals surface area contributed by atoms with E-state index in [1.807, 2.05) is 30.3 Å². The van der Waals surface area contributed by atoms with E-state index in [1.54, 1.807) is 6.07 Å². The molecule has 0 unspecified atom stereocenters. The maximum absolute atomic E-state index is 12.7. The van der Waals surface area contributed by atoms with Gasteiger partial charge < -0.3 is 5.32 Å². The highest BCUT2D eigenvalue weighted by molar-refractivity contribution is 7.99. The highest BCUT2D eigenvalue weighted by Crippen LogP contribution is 2.37. The van der Waals surface area contributed by atoms with Crippen LogP contribution in [0, 0.1) is 0 Å². The van der Waals surface area contributed by atoms with E-state index in [1.165, 1.54) is 12.1 Å². The molecule has 6 nitrogen and oxygen atoms in total. The predicted molar refractivity (Wildman–Crippen MR) is 95.2 cm³/mol. The number of thioether (sulfide) groups is 1. The van der Waals surface area contributed by atoms with E-state index in [2.05, 4.69) is 20.7 Å². The van der Waals surface area contributed by atoms with Gasteiger partial charge in [-0.05, 0) is 17.3 Å². The van der Waals surface area contributed by atoms with Crippen molar-refractivity contribution in [2.24, 2.45) is 0 Å². The van der Waals surface area contributed by atoms with Crippen molar-refractivity contribution in [2.75, 3.05) is 5.32 Å². The Labute approximate surface area is 156 Å². The predicted octanol–water partition coefficient (Wildman–Crippen LogP) is 3.95.